The Morgan fingerprint density at radius 2 is 1.75 bits per heavy atom. The van der Waals surface area contributed by atoms with Gasteiger partial charge in [-0.1, -0.05) is 30.1 Å². The number of nitrogens with zero attached hydrogens (tertiary/aromatic N) is 2. The lowest BCUT2D eigenvalue weighted by Crippen LogP contribution is -2.39. The van der Waals surface area contributed by atoms with E-state index in [0.717, 1.165) is 31.5 Å². The van der Waals surface area contributed by atoms with Gasteiger partial charge in [-0.2, -0.15) is 0 Å². The van der Waals surface area contributed by atoms with Crippen LogP contribution >= 0.6 is 0 Å². The van der Waals surface area contributed by atoms with Crippen molar-refractivity contribution in [2.75, 3.05) is 20.2 Å². The monoisotopic (exact) mass is 332 g/mol. The molecule has 1 aromatic carbocycles. The zero-order valence-corrected chi connectivity index (χ0v) is 14.2. The van der Waals surface area contributed by atoms with E-state index in [2.05, 4.69) is 9.89 Å². The first-order chi connectivity index (χ1) is 11.6. The van der Waals surface area contributed by atoms with E-state index in [1.807, 2.05) is 4.90 Å². The summed E-state index contributed by atoms with van der Waals surface area (Å²) in [5.41, 5.74) is 1.25. The van der Waals surface area contributed by atoms with Crippen molar-refractivity contribution in [1.29, 1.82) is 0 Å². The van der Waals surface area contributed by atoms with E-state index in [-0.39, 0.29) is 11.9 Å². The first kappa shape index (κ1) is 18.0. The van der Waals surface area contributed by atoms with Crippen LogP contribution in [0, 0.1) is 0 Å². The Morgan fingerprint density at radius 3 is 2.33 bits per heavy atom. The summed E-state index contributed by atoms with van der Waals surface area (Å²) in [5.74, 6) is -0.401. The van der Waals surface area contributed by atoms with E-state index in [1.54, 1.807) is 31.2 Å². The van der Waals surface area contributed by atoms with Gasteiger partial charge in [0.2, 0.25) is 6.10 Å². The quantitative estimate of drug-likeness (QED) is 0.472. The van der Waals surface area contributed by atoms with Crippen LogP contribution in [0.2, 0.25) is 0 Å². The lowest BCUT2D eigenvalue weighted by molar-refractivity contribution is -0.142. The van der Waals surface area contributed by atoms with Gasteiger partial charge >= 0.3 is 5.97 Å². The Balaban J connectivity index is 1.85. The van der Waals surface area contributed by atoms with Crippen molar-refractivity contribution in [3.8, 4) is 0 Å². The minimum Gasteiger partial charge on any atom is -0.465 e. The molecule has 6 heteroatoms. The Morgan fingerprint density at radius 1 is 1.12 bits per heavy atom. The number of ether oxygens (including phenoxy) is 1. The van der Waals surface area contributed by atoms with Crippen LogP contribution in [-0.4, -0.2) is 49.3 Å². The van der Waals surface area contributed by atoms with E-state index < -0.39 is 6.10 Å². The van der Waals surface area contributed by atoms with Gasteiger partial charge in [-0.05, 0) is 37.5 Å². The molecule has 1 atom stereocenters. The van der Waals surface area contributed by atoms with Crippen molar-refractivity contribution < 1.29 is 19.2 Å². The lowest BCUT2D eigenvalue weighted by Gasteiger charge is -2.22. The SMILES string of the molecule is COC(=O)c1ccc(/C=N/OC(C)C(=O)N2CCCCCC2)cc1. The number of oxime groups is 1. The maximum absolute atomic E-state index is 12.3. The summed E-state index contributed by atoms with van der Waals surface area (Å²) >= 11 is 0. The van der Waals surface area contributed by atoms with Crippen molar-refractivity contribution in [2.45, 2.75) is 38.7 Å². The third-order valence-corrected chi connectivity index (χ3v) is 4.02. The second kappa shape index (κ2) is 9.05. The highest BCUT2D eigenvalue weighted by molar-refractivity contribution is 5.90. The second-order valence-electron chi connectivity index (χ2n) is 5.84. The molecule has 6 nitrogen and oxygen atoms in total. The number of carbonyl (C=O) groups is 2. The molecule has 1 aliphatic rings. The van der Waals surface area contributed by atoms with Crippen LogP contribution in [0.1, 0.15) is 48.5 Å². The smallest absolute Gasteiger partial charge is 0.337 e. The Hall–Kier alpha value is -2.37. The number of carbonyl (C=O) groups excluding carboxylic acids is 2. The average Bonchev–Trinajstić information content (AvgIpc) is 2.90. The first-order valence-corrected chi connectivity index (χ1v) is 8.28. The molecule has 2 rings (SSSR count). The largest absolute Gasteiger partial charge is 0.465 e. The summed E-state index contributed by atoms with van der Waals surface area (Å²) in [5, 5.41) is 3.89. The number of hydrogen-bond donors (Lipinski definition) is 0. The summed E-state index contributed by atoms with van der Waals surface area (Å²) in [6.07, 6.45) is 5.38. The van der Waals surface area contributed by atoms with Crippen LogP contribution in [-0.2, 0) is 14.4 Å². The second-order valence-corrected chi connectivity index (χ2v) is 5.84. The Bertz CT molecular complexity index is 575. The van der Waals surface area contributed by atoms with Gasteiger partial charge in [-0.3, -0.25) is 4.79 Å². The Kier molecular flexibility index (Phi) is 6.78. The molecule has 0 aliphatic carbocycles. The highest BCUT2D eigenvalue weighted by atomic mass is 16.6. The molecule has 0 saturated carbocycles. The molecule has 0 N–H and O–H groups in total. The van der Waals surface area contributed by atoms with Gasteiger partial charge in [-0.15, -0.1) is 0 Å². The molecule has 1 unspecified atom stereocenters. The van der Waals surface area contributed by atoms with Gasteiger partial charge in [0.25, 0.3) is 5.91 Å². The maximum atomic E-state index is 12.3. The number of benzene rings is 1. The molecular weight excluding hydrogens is 308 g/mol. The van der Waals surface area contributed by atoms with Crippen molar-refractivity contribution >= 4 is 18.1 Å². The molecule has 24 heavy (non-hydrogen) atoms. The van der Waals surface area contributed by atoms with Gasteiger partial charge < -0.3 is 14.5 Å². The number of likely N-dealkylation sites (tertiary alicyclic amines) is 1. The Labute approximate surface area is 142 Å². The third kappa shape index (κ3) is 5.08. The maximum Gasteiger partial charge on any atom is 0.337 e. The highest BCUT2D eigenvalue weighted by Crippen LogP contribution is 2.12. The van der Waals surface area contributed by atoms with E-state index in [4.69, 9.17) is 4.84 Å². The van der Waals surface area contributed by atoms with E-state index >= 15 is 0 Å². The van der Waals surface area contributed by atoms with Crippen molar-refractivity contribution in [3.05, 3.63) is 35.4 Å². The summed E-state index contributed by atoms with van der Waals surface area (Å²) in [4.78, 5) is 30.8. The van der Waals surface area contributed by atoms with Crippen LogP contribution in [0.25, 0.3) is 0 Å². The van der Waals surface area contributed by atoms with Gasteiger partial charge in [0.05, 0.1) is 18.9 Å². The molecule has 1 aromatic rings. The van der Waals surface area contributed by atoms with Crippen molar-refractivity contribution in [2.24, 2.45) is 5.16 Å². The predicted octanol–water partition coefficient (Wildman–Crippen LogP) is 2.61. The van der Waals surface area contributed by atoms with Crippen LogP contribution in [0.3, 0.4) is 0 Å². The molecule has 0 aromatic heterocycles. The van der Waals surface area contributed by atoms with Gasteiger partial charge in [0, 0.05) is 13.1 Å². The third-order valence-electron chi connectivity index (χ3n) is 4.02. The summed E-state index contributed by atoms with van der Waals surface area (Å²) < 4.78 is 4.64. The molecule has 1 aliphatic heterocycles. The zero-order valence-electron chi connectivity index (χ0n) is 14.2. The van der Waals surface area contributed by atoms with Crippen LogP contribution in [0.5, 0.6) is 0 Å². The molecule has 1 saturated heterocycles. The van der Waals surface area contributed by atoms with Gasteiger partial charge in [0.1, 0.15) is 0 Å². The van der Waals surface area contributed by atoms with Crippen LogP contribution in [0.4, 0.5) is 0 Å². The van der Waals surface area contributed by atoms with E-state index in [9.17, 15) is 9.59 Å². The molecule has 1 heterocycles. The molecule has 1 amide bonds. The molecule has 0 bridgehead atoms. The first-order valence-electron chi connectivity index (χ1n) is 8.28. The fraction of sp³-hybridized carbons (Fsp3) is 0.500. The minimum absolute atomic E-state index is 0.0184. The lowest BCUT2D eigenvalue weighted by atomic mass is 10.1. The summed E-state index contributed by atoms with van der Waals surface area (Å²) in [6.45, 7) is 3.31. The number of rotatable bonds is 5. The van der Waals surface area contributed by atoms with E-state index in [0.29, 0.717) is 5.56 Å². The highest BCUT2D eigenvalue weighted by Gasteiger charge is 2.22. The molecule has 0 radical (unpaired) electrons. The fourth-order valence-electron chi connectivity index (χ4n) is 2.60. The zero-order chi connectivity index (χ0) is 17.4. The molecule has 0 spiro atoms. The van der Waals surface area contributed by atoms with Crippen molar-refractivity contribution in [1.82, 2.24) is 4.90 Å². The number of amides is 1. The molecule has 1 fully saturated rings. The predicted molar refractivity (Wildman–Crippen MR) is 91.0 cm³/mol. The average molecular weight is 332 g/mol. The van der Waals surface area contributed by atoms with Gasteiger partial charge in [-0.25, -0.2) is 4.79 Å². The normalized spacial score (nSPS) is 16.5. The van der Waals surface area contributed by atoms with E-state index in [1.165, 1.54) is 26.2 Å². The fourth-order valence-corrected chi connectivity index (χ4v) is 2.60. The number of esters is 1. The molecule has 130 valence electrons. The summed E-state index contributed by atoms with van der Waals surface area (Å²) in [7, 11) is 1.34. The van der Waals surface area contributed by atoms with Crippen LogP contribution < -0.4 is 0 Å². The van der Waals surface area contributed by atoms with Gasteiger partial charge in [0.15, 0.2) is 0 Å². The minimum atomic E-state index is -0.603. The molecular formula is C18H24N2O4. The number of methoxy groups -OCH3 is 1. The van der Waals surface area contributed by atoms with Crippen molar-refractivity contribution in [3.63, 3.8) is 0 Å². The number of hydrogen-bond acceptors (Lipinski definition) is 5. The standard InChI is InChI=1S/C18H24N2O4/c1-14(17(21)20-11-5-3-4-6-12-20)24-19-13-15-7-9-16(10-8-15)18(22)23-2/h7-10,13-14H,3-6,11-12H2,1-2H3/b19-13+. The van der Waals surface area contributed by atoms with Crippen LogP contribution in [0.15, 0.2) is 29.4 Å². The summed E-state index contributed by atoms with van der Waals surface area (Å²) in [6, 6.07) is 6.78. The topological polar surface area (TPSA) is 68.2 Å².